The van der Waals surface area contributed by atoms with Crippen molar-refractivity contribution in [1.82, 2.24) is 15.5 Å². The molecule has 0 radical (unpaired) electrons. The highest BCUT2D eigenvalue weighted by atomic mass is 16.2. The lowest BCUT2D eigenvalue weighted by Crippen LogP contribution is -2.51. The van der Waals surface area contributed by atoms with Gasteiger partial charge in [0.05, 0.1) is 6.04 Å². The van der Waals surface area contributed by atoms with Crippen molar-refractivity contribution < 1.29 is 4.79 Å². The Morgan fingerprint density at radius 2 is 2.00 bits per heavy atom. The second-order valence-corrected chi connectivity index (χ2v) is 5.52. The quantitative estimate of drug-likeness (QED) is 0.753. The Hall–Kier alpha value is -0.610. The molecular weight excluding hydrogens is 226 g/mol. The smallest absolute Gasteiger partial charge is 0.237 e. The van der Waals surface area contributed by atoms with E-state index in [4.69, 9.17) is 0 Å². The molecule has 1 amide bonds. The summed E-state index contributed by atoms with van der Waals surface area (Å²) in [6.45, 7) is 8.37. The van der Waals surface area contributed by atoms with Crippen LogP contribution in [0.15, 0.2) is 0 Å². The SMILES string of the molecule is CCCC(C)NC(=O)C(C)N(C)C1CCNCC1. The van der Waals surface area contributed by atoms with Crippen molar-refractivity contribution in [2.24, 2.45) is 0 Å². The summed E-state index contributed by atoms with van der Waals surface area (Å²) in [6.07, 6.45) is 4.44. The minimum Gasteiger partial charge on any atom is -0.352 e. The van der Waals surface area contributed by atoms with Crippen molar-refractivity contribution in [3.05, 3.63) is 0 Å². The third kappa shape index (κ3) is 4.58. The van der Waals surface area contributed by atoms with Gasteiger partial charge in [0.2, 0.25) is 5.91 Å². The maximum absolute atomic E-state index is 12.1. The van der Waals surface area contributed by atoms with Crippen LogP contribution in [0, 0.1) is 0 Å². The third-order valence-electron chi connectivity index (χ3n) is 3.99. The Kier molecular flexibility index (Phi) is 6.65. The van der Waals surface area contributed by atoms with Crippen LogP contribution in [0.25, 0.3) is 0 Å². The number of likely N-dealkylation sites (N-methyl/N-ethyl adjacent to an activating group) is 1. The van der Waals surface area contributed by atoms with Crippen molar-refractivity contribution in [3.8, 4) is 0 Å². The van der Waals surface area contributed by atoms with Crippen LogP contribution in [0.5, 0.6) is 0 Å². The molecule has 0 spiro atoms. The van der Waals surface area contributed by atoms with Crippen LogP contribution >= 0.6 is 0 Å². The second kappa shape index (κ2) is 7.74. The van der Waals surface area contributed by atoms with Crippen LogP contribution in [-0.4, -0.2) is 49.1 Å². The number of nitrogens with zero attached hydrogens (tertiary/aromatic N) is 1. The Balaban J connectivity index is 2.41. The van der Waals surface area contributed by atoms with E-state index in [0.717, 1.165) is 38.8 Å². The minimum atomic E-state index is -0.0348. The van der Waals surface area contributed by atoms with Gasteiger partial charge in [0.15, 0.2) is 0 Å². The molecule has 0 aromatic rings. The van der Waals surface area contributed by atoms with Gasteiger partial charge in [-0.25, -0.2) is 0 Å². The molecule has 2 atom stereocenters. The molecular formula is C14H29N3O. The summed E-state index contributed by atoms with van der Waals surface area (Å²) in [7, 11) is 2.07. The molecule has 1 heterocycles. The van der Waals surface area contributed by atoms with Gasteiger partial charge >= 0.3 is 0 Å². The molecule has 0 bridgehead atoms. The summed E-state index contributed by atoms with van der Waals surface area (Å²) >= 11 is 0. The number of hydrogen-bond donors (Lipinski definition) is 2. The van der Waals surface area contributed by atoms with E-state index in [-0.39, 0.29) is 18.0 Å². The summed E-state index contributed by atoms with van der Waals surface area (Å²) in [5.74, 6) is 0.164. The predicted octanol–water partition coefficient (Wildman–Crippen LogP) is 1.36. The fraction of sp³-hybridized carbons (Fsp3) is 0.929. The number of rotatable bonds is 6. The molecule has 0 saturated carbocycles. The van der Waals surface area contributed by atoms with Crippen LogP contribution in [-0.2, 0) is 4.79 Å². The van der Waals surface area contributed by atoms with E-state index >= 15 is 0 Å². The average molecular weight is 255 g/mol. The average Bonchev–Trinajstić information content (AvgIpc) is 2.38. The Labute approximate surface area is 111 Å². The Morgan fingerprint density at radius 1 is 1.39 bits per heavy atom. The first-order chi connectivity index (χ1) is 8.56. The molecule has 1 rings (SSSR count). The molecule has 4 heteroatoms. The molecule has 2 N–H and O–H groups in total. The molecule has 0 aliphatic carbocycles. The zero-order valence-corrected chi connectivity index (χ0v) is 12.3. The van der Waals surface area contributed by atoms with Gasteiger partial charge in [-0.15, -0.1) is 0 Å². The number of nitrogens with one attached hydrogen (secondary N) is 2. The number of carbonyl (C=O) groups excluding carboxylic acids is 1. The van der Waals surface area contributed by atoms with Crippen LogP contribution in [0.4, 0.5) is 0 Å². The first kappa shape index (κ1) is 15.4. The molecule has 1 aliphatic rings. The zero-order chi connectivity index (χ0) is 13.5. The molecule has 2 unspecified atom stereocenters. The second-order valence-electron chi connectivity index (χ2n) is 5.52. The zero-order valence-electron chi connectivity index (χ0n) is 12.3. The Bertz CT molecular complexity index is 251. The van der Waals surface area contributed by atoms with Crippen LogP contribution in [0.3, 0.4) is 0 Å². The van der Waals surface area contributed by atoms with Gasteiger partial charge in [-0.1, -0.05) is 13.3 Å². The van der Waals surface area contributed by atoms with E-state index in [1.807, 2.05) is 6.92 Å². The summed E-state index contributed by atoms with van der Waals surface area (Å²) < 4.78 is 0. The van der Waals surface area contributed by atoms with E-state index in [1.54, 1.807) is 0 Å². The van der Waals surface area contributed by atoms with Crippen molar-refractivity contribution in [2.75, 3.05) is 20.1 Å². The highest BCUT2D eigenvalue weighted by Gasteiger charge is 2.26. The van der Waals surface area contributed by atoms with E-state index in [1.165, 1.54) is 0 Å². The maximum Gasteiger partial charge on any atom is 0.237 e. The lowest BCUT2D eigenvalue weighted by atomic mass is 10.0. The first-order valence-electron chi connectivity index (χ1n) is 7.29. The van der Waals surface area contributed by atoms with Gasteiger partial charge < -0.3 is 10.6 Å². The molecule has 1 fully saturated rings. The molecule has 1 saturated heterocycles. The van der Waals surface area contributed by atoms with Crippen LogP contribution in [0.1, 0.15) is 46.5 Å². The molecule has 18 heavy (non-hydrogen) atoms. The highest BCUT2D eigenvalue weighted by molar-refractivity contribution is 5.81. The topological polar surface area (TPSA) is 44.4 Å². The van der Waals surface area contributed by atoms with Gasteiger partial charge in [-0.2, -0.15) is 0 Å². The Morgan fingerprint density at radius 3 is 2.56 bits per heavy atom. The fourth-order valence-electron chi connectivity index (χ4n) is 2.58. The van der Waals surface area contributed by atoms with Crippen molar-refractivity contribution in [2.45, 2.75) is 64.6 Å². The van der Waals surface area contributed by atoms with Crippen molar-refractivity contribution in [3.63, 3.8) is 0 Å². The summed E-state index contributed by atoms with van der Waals surface area (Å²) in [5, 5.41) is 6.46. The fourth-order valence-corrected chi connectivity index (χ4v) is 2.58. The third-order valence-corrected chi connectivity index (χ3v) is 3.99. The largest absolute Gasteiger partial charge is 0.352 e. The van der Waals surface area contributed by atoms with E-state index in [9.17, 15) is 4.79 Å². The maximum atomic E-state index is 12.1. The minimum absolute atomic E-state index is 0.0348. The number of carbonyl (C=O) groups is 1. The van der Waals surface area contributed by atoms with E-state index < -0.39 is 0 Å². The molecule has 4 nitrogen and oxygen atoms in total. The van der Waals surface area contributed by atoms with Crippen molar-refractivity contribution in [1.29, 1.82) is 0 Å². The van der Waals surface area contributed by atoms with Gasteiger partial charge in [0.25, 0.3) is 0 Å². The van der Waals surface area contributed by atoms with Gasteiger partial charge in [-0.05, 0) is 53.2 Å². The lowest BCUT2D eigenvalue weighted by molar-refractivity contribution is -0.127. The van der Waals surface area contributed by atoms with Gasteiger partial charge in [0, 0.05) is 12.1 Å². The molecule has 0 aromatic heterocycles. The van der Waals surface area contributed by atoms with Gasteiger partial charge in [0.1, 0.15) is 0 Å². The summed E-state index contributed by atoms with van der Waals surface area (Å²) in [4.78, 5) is 14.4. The predicted molar refractivity (Wildman–Crippen MR) is 75.6 cm³/mol. The van der Waals surface area contributed by atoms with E-state index in [0.29, 0.717) is 6.04 Å². The van der Waals surface area contributed by atoms with Crippen LogP contribution < -0.4 is 10.6 Å². The monoisotopic (exact) mass is 255 g/mol. The highest BCUT2D eigenvalue weighted by Crippen LogP contribution is 2.13. The first-order valence-corrected chi connectivity index (χ1v) is 7.29. The van der Waals surface area contributed by atoms with Crippen LogP contribution in [0.2, 0.25) is 0 Å². The molecule has 0 aromatic carbocycles. The number of piperidine rings is 1. The molecule has 106 valence electrons. The molecule has 1 aliphatic heterocycles. The van der Waals surface area contributed by atoms with Gasteiger partial charge in [-0.3, -0.25) is 9.69 Å². The normalized spacial score (nSPS) is 20.7. The summed E-state index contributed by atoms with van der Waals surface area (Å²) in [5.41, 5.74) is 0. The standard InChI is InChI=1S/C14H29N3O/c1-5-6-11(2)16-14(18)12(3)17(4)13-7-9-15-10-8-13/h11-13,15H,5-10H2,1-4H3,(H,16,18). The van der Waals surface area contributed by atoms with E-state index in [2.05, 4.69) is 36.4 Å². The summed E-state index contributed by atoms with van der Waals surface area (Å²) in [6, 6.07) is 0.784. The lowest BCUT2D eigenvalue weighted by Gasteiger charge is -2.35. The number of hydrogen-bond acceptors (Lipinski definition) is 3. The number of amides is 1. The van der Waals surface area contributed by atoms with Crippen molar-refractivity contribution >= 4 is 5.91 Å².